The van der Waals surface area contributed by atoms with Gasteiger partial charge in [-0.15, -0.1) is 0 Å². The molecule has 0 aliphatic heterocycles. The number of phenols is 2. The van der Waals surface area contributed by atoms with E-state index in [-0.39, 0.29) is 23.3 Å². The molecule has 0 spiro atoms. The average Bonchev–Trinajstić information content (AvgIpc) is 3.15. The number of nitrogens with zero attached hydrogens (tertiary/aromatic N) is 1. The Hall–Kier alpha value is -2.04. The summed E-state index contributed by atoms with van der Waals surface area (Å²) in [5, 5.41) is 22.6. The van der Waals surface area contributed by atoms with Crippen LogP contribution in [0.1, 0.15) is 31.2 Å². The van der Waals surface area contributed by atoms with Gasteiger partial charge < -0.3 is 10.2 Å². The second kappa shape index (κ2) is 5.15. The monoisotopic (exact) mass is 274 g/mol. The molecule has 20 heavy (non-hydrogen) atoms. The highest BCUT2D eigenvalue weighted by atomic mass is 16.3. The van der Waals surface area contributed by atoms with Crippen molar-refractivity contribution in [1.82, 2.24) is 5.43 Å². The summed E-state index contributed by atoms with van der Waals surface area (Å²) >= 11 is 0. The zero-order valence-electron chi connectivity index (χ0n) is 11.1. The van der Waals surface area contributed by atoms with Gasteiger partial charge in [-0.1, -0.05) is 12.8 Å². The van der Waals surface area contributed by atoms with E-state index in [0.717, 1.165) is 12.8 Å². The Morgan fingerprint density at radius 1 is 1.25 bits per heavy atom. The van der Waals surface area contributed by atoms with Crippen LogP contribution in [0.3, 0.4) is 0 Å². The van der Waals surface area contributed by atoms with E-state index in [1.807, 2.05) is 0 Å². The standard InChI is InChI=1S/C15H18N2O3/c18-10-6-5-9(13(19)7-10)8-16-17-15(20)14-11-3-1-2-4-12(11)14/h5-8,11-12,14,18-19H,1-4H2,(H,17,20)/b16-8-/t11-,12+,14?. The maximum absolute atomic E-state index is 12.0. The van der Waals surface area contributed by atoms with E-state index in [9.17, 15) is 15.0 Å². The summed E-state index contributed by atoms with van der Waals surface area (Å²) in [6.07, 6.45) is 6.17. The van der Waals surface area contributed by atoms with Gasteiger partial charge >= 0.3 is 0 Å². The van der Waals surface area contributed by atoms with Gasteiger partial charge in [0.05, 0.1) is 6.21 Å². The Kier molecular flexibility index (Phi) is 3.34. The van der Waals surface area contributed by atoms with Crippen LogP contribution in [0, 0.1) is 17.8 Å². The molecule has 0 radical (unpaired) electrons. The van der Waals surface area contributed by atoms with Gasteiger partial charge in [-0.05, 0) is 36.8 Å². The number of carbonyl (C=O) groups is 1. The van der Waals surface area contributed by atoms with E-state index in [2.05, 4.69) is 10.5 Å². The predicted molar refractivity (Wildman–Crippen MR) is 74.4 cm³/mol. The fourth-order valence-electron chi connectivity index (χ4n) is 3.26. The Bertz CT molecular complexity index is 544. The molecule has 0 saturated heterocycles. The number of hydrazone groups is 1. The number of nitrogens with one attached hydrogen (secondary N) is 1. The van der Waals surface area contributed by atoms with Crippen molar-refractivity contribution in [2.45, 2.75) is 25.7 Å². The predicted octanol–water partition coefficient (Wildman–Crippen LogP) is 1.98. The van der Waals surface area contributed by atoms with Crippen LogP contribution in [-0.4, -0.2) is 22.3 Å². The highest BCUT2D eigenvalue weighted by Crippen LogP contribution is 2.55. The molecule has 2 fully saturated rings. The van der Waals surface area contributed by atoms with Crippen molar-refractivity contribution in [3.8, 4) is 11.5 Å². The summed E-state index contributed by atoms with van der Waals surface area (Å²) in [5.41, 5.74) is 3.00. The number of hydrogen-bond donors (Lipinski definition) is 3. The van der Waals surface area contributed by atoms with Crippen molar-refractivity contribution in [3.05, 3.63) is 23.8 Å². The van der Waals surface area contributed by atoms with E-state index in [0.29, 0.717) is 17.4 Å². The SMILES string of the molecule is O=C(N/N=C\c1ccc(O)cc1O)C1[C@H]2CCCC[C@@H]12. The van der Waals surface area contributed by atoms with E-state index >= 15 is 0 Å². The normalized spacial score (nSPS) is 28.1. The van der Waals surface area contributed by atoms with Gasteiger partial charge in [-0.25, -0.2) is 5.43 Å². The molecule has 1 aromatic carbocycles. The Balaban J connectivity index is 1.56. The summed E-state index contributed by atoms with van der Waals surface area (Å²) in [5.74, 6) is 1.15. The van der Waals surface area contributed by atoms with Crippen LogP contribution in [0.2, 0.25) is 0 Å². The van der Waals surface area contributed by atoms with Crippen LogP contribution in [0.15, 0.2) is 23.3 Å². The Morgan fingerprint density at radius 2 is 1.95 bits per heavy atom. The number of aromatic hydroxyl groups is 2. The number of hydrogen-bond acceptors (Lipinski definition) is 4. The maximum Gasteiger partial charge on any atom is 0.243 e. The molecule has 106 valence electrons. The van der Waals surface area contributed by atoms with E-state index < -0.39 is 0 Å². The molecule has 3 N–H and O–H groups in total. The number of amides is 1. The van der Waals surface area contributed by atoms with Crippen LogP contribution in [0.4, 0.5) is 0 Å². The molecule has 2 aliphatic carbocycles. The third-order valence-electron chi connectivity index (χ3n) is 4.35. The minimum absolute atomic E-state index is 0.00857. The van der Waals surface area contributed by atoms with E-state index in [1.165, 1.54) is 37.3 Å². The zero-order chi connectivity index (χ0) is 14.1. The molecular weight excluding hydrogens is 256 g/mol. The van der Waals surface area contributed by atoms with Crippen molar-refractivity contribution in [2.75, 3.05) is 0 Å². The summed E-state index contributed by atoms with van der Waals surface area (Å²) in [4.78, 5) is 12.0. The molecule has 3 atom stereocenters. The Morgan fingerprint density at radius 3 is 2.60 bits per heavy atom. The molecule has 5 heteroatoms. The van der Waals surface area contributed by atoms with Crippen molar-refractivity contribution in [3.63, 3.8) is 0 Å². The smallest absolute Gasteiger partial charge is 0.243 e. The molecule has 0 heterocycles. The summed E-state index contributed by atoms with van der Waals surface area (Å²) in [6.45, 7) is 0. The highest BCUT2D eigenvalue weighted by Gasteiger charge is 2.54. The first-order chi connectivity index (χ1) is 9.66. The minimum atomic E-state index is -0.0666. The third kappa shape index (κ3) is 2.48. The number of rotatable bonds is 3. The van der Waals surface area contributed by atoms with Gasteiger partial charge in [0.15, 0.2) is 0 Å². The van der Waals surface area contributed by atoms with E-state index in [4.69, 9.17) is 0 Å². The van der Waals surface area contributed by atoms with Crippen molar-refractivity contribution >= 4 is 12.1 Å². The van der Waals surface area contributed by atoms with Crippen LogP contribution < -0.4 is 5.43 Å². The lowest BCUT2D eigenvalue weighted by Crippen LogP contribution is -2.20. The van der Waals surface area contributed by atoms with Crippen LogP contribution in [-0.2, 0) is 4.79 Å². The van der Waals surface area contributed by atoms with Crippen LogP contribution >= 0.6 is 0 Å². The number of benzene rings is 1. The lowest BCUT2D eigenvalue weighted by molar-refractivity contribution is -0.122. The molecule has 3 rings (SSSR count). The van der Waals surface area contributed by atoms with Gasteiger partial charge in [0.2, 0.25) is 5.91 Å². The van der Waals surface area contributed by atoms with Gasteiger partial charge in [0.1, 0.15) is 11.5 Å². The van der Waals surface area contributed by atoms with E-state index in [1.54, 1.807) is 0 Å². The molecule has 0 bridgehead atoms. The highest BCUT2D eigenvalue weighted by molar-refractivity contribution is 5.87. The first-order valence-corrected chi connectivity index (χ1v) is 7.02. The number of phenolic OH excluding ortho intramolecular Hbond substituents is 2. The summed E-state index contributed by atoms with van der Waals surface area (Å²) < 4.78 is 0. The molecule has 2 saturated carbocycles. The molecule has 5 nitrogen and oxygen atoms in total. The fraction of sp³-hybridized carbons (Fsp3) is 0.467. The second-order valence-electron chi connectivity index (χ2n) is 5.62. The maximum atomic E-state index is 12.0. The van der Waals surface area contributed by atoms with Gasteiger partial charge in [0, 0.05) is 17.5 Å². The largest absolute Gasteiger partial charge is 0.508 e. The van der Waals surface area contributed by atoms with Crippen LogP contribution in [0.25, 0.3) is 0 Å². The quantitative estimate of drug-likeness (QED) is 0.582. The van der Waals surface area contributed by atoms with Crippen LogP contribution in [0.5, 0.6) is 11.5 Å². The molecule has 1 aromatic rings. The lowest BCUT2D eigenvalue weighted by atomic mass is 10.0. The van der Waals surface area contributed by atoms with Crippen molar-refractivity contribution < 1.29 is 15.0 Å². The van der Waals surface area contributed by atoms with Crippen molar-refractivity contribution in [1.29, 1.82) is 0 Å². The summed E-state index contributed by atoms with van der Waals surface area (Å²) in [7, 11) is 0. The Labute approximate surface area is 117 Å². The molecule has 0 aromatic heterocycles. The first kappa shape index (κ1) is 13.0. The number of carbonyl (C=O) groups excluding carboxylic acids is 1. The van der Waals surface area contributed by atoms with Gasteiger partial charge in [-0.2, -0.15) is 5.10 Å². The first-order valence-electron chi connectivity index (χ1n) is 7.02. The minimum Gasteiger partial charge on any atom is -0.508 e. The summed E-state index contributed by atoms with van der Waals surface area (Å²) in [6, 6.07) is 4.23. The number of fused-ring (bicyclic) bond motifs is 1. The average molecular weight is 274 g/mol. The molecule has 1 amide bonds. The lowest BCUT2D eigenvalue weighted by Gasteiger charge is -2.04. The third-order valence-corrected chi connectivity index (χ3v) is 4.35. The molecular formula is C15H18N2O3. The fourth-order valence-corrected chi connectivity index (χ4v) is 3.26. The van der Waals surface area contributed by atoms with Gasteiger partial charge in [-0.3, -0.25) is 4.79 Å². The van der Waals surface area contributed by atoms with Gasteiger partial charge in [0.25, 0.3) is 0 Å². The second-order valence-corrected chi connectivity index (χ2v) is 5.62. The molecule has 2 aliphatic rings. The topological polar surface area (TPSA) is 81.9 Å². The van der Waals surface area contributed by atoms with Crippen molar-refractivity contribution in [2.24, 2.45) is 22.9 Å². The zero-order valence-corrected chi connectivity index (χ0v) is 11.1. The molecule has 1 unspecified atom stereocenters.